The largest absolute Gasteiger partial charge is 0.454 e. The van der Waals surface area contributed by atoms with E-state index in [4.69, 9.17) is 4.42 Å². The lowest BCUT2D eigenvalue weighted by Gasteiger charge is -2.34. The molecule has 2 aliphatic rings. The zero-order chi connectivity index (χ0) is 28.8. The van der Waals surface area contributed by atoms with Gasteiger partial charge in [-0.1, -0.05) is 66.7 Å². The first-order valence-corrected chi connectivity index (χ1v) is 17.4. The average Bonchev–Trinajstić information content (AvgIpc) is 3.74. The summed E-state index contributed by atoms with van der Waals surface area (Å²) in [7, 11) is 0. The molecule has 6 aromatic carbocycles. The lowest BCUT2D eigenvalue weighted by atomic mass is 9.45. The van der Waals surface area contributed by atoms with Gasteiger partial charge in [0.25, 0.3) is 0 Å². The Bertz CT molecular complexity index is 2770. The van der Waals surface area contributed by atoms with Gasteiger partial charge in [-0.15, -0.1) is 23.5 Å². The first kappa shape index (κ1) is 23.9. The van der Waals surface area contributed by atoms with E-state index in [0.29, 0.717) is 0 Å². The molecule has 0 saturated heterocycles. The van der Waals surface area contributed by atoms with Crippen molar-refractivity contribution in [3.05, 3.63) is 103 Å². The maximum atomic E-state index is 6.89. The van der Waals surface area contributed by atoms with Crippen molar-refractivity contribution in [2.45, 2.75) is 9.79 Å². The van der Waals surface area contributed by atoms with Crippen LogP contribution in [0.15, 0.2) is 117 Å². The molecule has 5 heterocycles. The zero-order valence-corrected chi connectivity index (χ0v) is 25.6. The molecule has 0 bridgehead atoms. The SMILES string of the molecule is CSc1cccc2c1c1c(SC)ccc3c1n2-c1c2c(cc4c1oc1ccccc14)-c1cccc4c5ccccc5n(c14)B23. The van der Waals surface area contributed by atoms with Gasteiger partial charge in [0.1, 0.15) is 5.58 Å². The number of thioether (sulfide) groups is 2. The van der Waals surface area contributed by atoms with Gasteiger partial charge in [-0.05, 0) is 65.4 Å². The molecular formula is C38H23BN2OS2. The van der Waals surface area contributed by atoms with Crippen molar-refractivity contribution in [3.8, 4) is 16.8 Å². The fraction of sp³-hybridized carbons (Fsp3) is 0.0526. The van der Waals surface area contributed by atoms with Crippen LogP contribution in [0, 0.1) is 0 Å². The molecule has 0 unspecified atom stereocenters. The topological polar surface area (TPSA) is 23.0 Å². The lowest BCUT2D eigenvalue weighted by molar-refractivity contribution is 0.667. The Kier molecular flexibility index (Phi) is 4.42. The molecule has 2 aliphatic heterocycles. The third-order valence-electron chi connectivity index (χ3n) is 10.1. The number of hydrogen-bond acceptors (Lipinski definition) is 3. The Morgan fingerprint density at radius 3 is 2.25 bits per heavy atom. The van der Waals surface area contributed by atoms with E-state index in [0.717, 1.165) is 16.6 Å². The van der Waals surface area contributed by atoms with Crippen LogP contribution in [0.3, 0.4) is 0 Å². The van der Waals surface area contributed by atoms with Crippen LogP contribution in [0.5, 0.6) is 0 Å². The smallest absolute Gasteiger partial charge is 0.333 e. The number of para-hydroxylation sites is 3. The summed E-state index contributed by atoms with van der Waals surface area (Å²) < 4.78 is 12.1. The number of rotatable bonds is 2. The summed E-state index contributed by atoms with van der Waals surface area (Å²) in [5.74, 6) is 0. The monoisotopic (exact) mass is 598 g/mol. The fourth-order valence-electron chi connectivity index (χ4n) is 8.48. The lowest BCUT2D eigenvalue weighted by Crippen LogP contribution is -2.55. The quantitative estimate of drug-likeness (QED) is 0.146. The van der Waals surface area contributed by atoms with Crippen molar-refractivity contribution in [2.75, 3.05) is 12.5 Å². The molecule has 44 heavy (non-hydrogen) atoms. The Labute approximate surface area is 261 Å². The van der Waals surface area contributed by atoms with Crippen molar-refractivity contribution in [3.63, 3.8) is 0 Å². The third kappa shape index (κ3) is 2.60. The van der Waals surface area contributed by atoms with Gasteiger partial charge in [-0.3, -0.25) is 0 Å². The van der Waals surface area contributed by atoms with Gasteiger partial charge < -0.3 is 13.5 Å². The summed E-state index contributed by atoms with van der Waals surface area (Å²) in [6.45, 7) is 0.0165. The normalized spacial score (nSPS) is 13.4. The second kappa shape index (κ2) is 8.14. The van der Waals surface area contributed by atoms with Crippen molar-refractivity contribution in [1.29, 1.82) is 0 Å². The van der Waals surface area contributed by atoms with Crippen molar-refractivity contribution >= 4 is 107 Å². The molecule has 0 fully saturated rings. The van der Waals surface area contributed by atoms with Gasteiger partial charge in [0.05, 0.1) is 16.7 Å². The molecule has 0 amide bonds. The molecule has 0 N–H and O–H groups in total. The maximum Gasteiger partial charge on any atom is 0.333 e. The molecule has 0 atom stereocenters. The minimum atomic E-state index is 0.0165. The van der Waals surface area contributed by atoms with E-state index in [1.165, 1.54) is 86.5 Å². The highest BCUT2D eigenvalue weighted by molar-refractivity contribution is 7.99. The molecule has 0 saturated carbocycles. The highest BCUT2D eigenvalue weighted by Crippen LogP contribution is 2.48. The van der Waals surface area contributed by atoms with Crippen molar-refractivity contribution in [1.82, 2.24) is 9.05 Å². The van der Waals surface area contributed by atoms with Crippen LogP contribution in [0.25, 0.3) is 82.4 Å². The first-order valence-electron chi connectivity index (χ1n) is 15.0. The minimum absolute atomic E-state index is 0.0165. The maximum absolute atomic E-state index is 6.89. The van der Waals surface area contributed by atoms with E-state index in [2.05, 4.69) is 125 Å². The summed E-state index contributed by atoms with van der Waals surface area (Å²) >= 11 is 3.67. The third-order valence-corrected chi connectivity index (χ3v) is 11.6. The van der Waals surface area contributed by atoms with Gasteiger partial charge in [0, 0.05) is 58.7 Å². The Morgan fingerprint density at radius 2 is 1.36 bits per heavy atom. The van der Waals surface area contributed by atoms with Gasteiger partial charge in [0.15, 0.2) is 5.58 Å². The average molecular weight is 599 g/mol. The standard InChI is InChI=1S/C38H23BN2OS2/c1-43-30-16-8-14-28-32(30)33-31(44-2)18-17-26-36(33)40(28)37-34-24(19-25-21-10-4-6-15-29(21)42-38(25)37)23-12-7-11-22-20-9-3-5-13-27(20)41(35(22)23)39(26)34/h3-19H,1-2H3. The second-order valence-corrected chi connectivity index (χ2v) is 13.6. The molecule has 0 aliphatic carbocycles. The van der Waals surface area contributed by atoms with E-state index in [1.54, 1.807) is 0 Å². The fourth-order valence-corrected chi connectivity index (χ4v) is 9.71. The summed E-state index contributed by atoms with van der Waals surface area (Å²) in [6.07, 6.45) is 4.40. The minimum Gasteiger partial charge on any atom is -0.454 e. The summed E-state index contributed by atoms with van der Waals surface area (Å²) in [5, 5.41) is 7.65. The van der Waals surface area contributed by atoms with Crippen LogP contribution in [0.4, 0.5) is 0 Å². The molecule has 206 valence electrons. The van der Waals surface area contributed by atoms with E-state index >= 15 is 0 Å². The van der Waals surface area contributed by atoms with Crippen LogP contribution in [0.2, 0.25) is 0 Å². The molecule has 3 nitrogen and oxygen atoms in total. The second-order valence-electron chi connectivity index (χ2n) is 11.9. The van der Waals surface area contributed by atoms with Crippen LogP contribution in [-0.4, -0.2) is 28.4 Å². The summed E-state index contributed by atoms with van der Waals surface area (Å²) in [6, 6.07) is 38.2. The van der Waals surface area contributed by atoms with Crippen LogP contribution < -0.4 is 10.9 Å². The van der Waals surface area contributed by atoms with Crippen LogP contribution >= 0.6 is 23.5 Å². The number of aromatic nitrogens is 2. The number of nitrogens with zero attached hydrogens (tertiary/aromatic N) is 2. The number of furan rings is 1. The molecular weight excluding hydrogens is 575 g/mol. The van der Waals surface area contributed by atoms with Crippen molar-refractivity contribution in [2.24, 2.45) is 0 Å². The van der Waals surface area contributed by atoms with Crippen LogP contribution in [-0.2, 0) is 0 Å². The molecule has 9 aromatic rings. The summed E-state index contributed by atoms with van der Waals surface area (Å²) in [5.41, 5.74) is 13.5. The predicted molar refractivity (Wildman–Crippen MR) is 190 cm³/mol. The van der Waals surface area contributed by atoms with Crippen molar-refractivity contribution < 1.29 is 4.42 Å². The van der Waals surface area contributed by atoms with Gasteiger partial charge >= 0.3 is 6.85 Å². The highest BCUT2D eigenvalue weighted by Gasteiger charge is 2.43. The van der Waals surface area contributed by atoms with E-state index in [9.17, 15) is 0 Å². The molecule has 0 spiro atoms. The number of fused-ring (bicyclic) bond motifs is 14. The molecule has 0 radical (unpaired) electrons. The Balaban J connectivity index is 1.48. The number of benzene rings is 6. The van der Waals surface area contributed by atoms with E-state index in [1.807, 2.05) is 23.5 Å². The molecule has 11 rings (SSSR count). The Hall–Kier alpha value is -4.52. The van der Waals surface area contributed by atoms with E-state index in [-0.39, 0.29) is 6.85 Å². The van der Waals surface area contributed by atoms with Crippen LogP contribution in [0.1, 0.15) is 0 Å². The first-order chi connectivity index (χ1) is 21.8. The zero-order valence-electron chi connectivity index (χ0n) is 24.0. The highest BCUT2D eigenvalue weighted by atomic mass is 32.2. The predicted octanol–water partition coefficient (Wildman–Crippen LogP) is 9.18. The molecule has 3 aromatic heterocycles. The van der Waals surface area contributed by atoms with Gasteiger partial charge in [0.2, 0.25) is 0 Å². The van der Waals surface area contributed by atoms with Gasteiger partial charge in [-0.2, -0.15) is 0 Å². The van der Waals surface area contributed by atoms with E-state index < -0.39 is 0 Å². The number of hydrogen-bond donors (Lipinski definition) is 0. The van der Waals surface area contributed by atoms with Gasteiger partial charge in [-0.25, -0.2) is 0 Å². The summed E-state index contributed by atoms with van der Waals surface area (Å²) in [4.78, 5) is 2.62. The Morgan fingerprint density at radius 1 is 0.614 bits per heavy atom. The molecule has 6 heteroatoms.